The van der Waals surface area contributed by atoms with Crippen LogP contribution in [0.15, 0.2) is 42.5 Å². The van der Waals surface area contributed by atoms with Gasteiger partial charge in [-0.15, -0.1) is 0 Å². The van der Waals surface area contributed by atoms with E-state index in [-0.39, 0.29) is 0 Å². The van der Waals surface area contributed by atoms with Crippen molar-refractivity contribution in [2.75, 3.05) is 6.54 Å². The van der Waals surface area contributed by atoms with Gasteiger partial charge in [0.1, 0.15) is 0 Å². The number of likely N-dealkylation sites (N-methyl/N-ethyl adjacent to an activating group) is 1. The molecule has 2 heteroatoms. The van der Waals surface area contributed by atoms with Gasteiger partial charge in [-0.1, -0.05) is 37.3 Å². The summed E-state index contributed by atoms with van der Waals surface area (Å²) in [6.45, 7) is 7.51. The largest absolute Gasteiger partial charge is 0.310 e. The predicted octanol–water partition coefficient (Wildman–Crippen LogP) is 4.80. The van der Waals surface area contributed by atoms with Crippen molar-refractivity contribution in [3.63, 3.8) is 0 Å². The molecule has 2 aromatic rings. The molecule has 1 atom stereocenters. The molecule has 0 aliphatic rings. The van der Waals surface area contributed by atoms with Gasteiger partial charge in [0.25, 0.3) is 0 Å². The van der Waals surface area contributed by atoms with Gasteiger partial charge in [-0.3, -0.25) is 0 Å². The Labute approximate surface area is 135 Å². The van der Waals surface area contributed by atoms with Crippen LogP contribution in [0.2, 0.25) is 0 Å². The molecule has 1 N–H and O–H groups in total. The molecule has 0 aliphatic carbocycles. The summed E-state index contributed by atoms with van der Waals surface area (Å²) in [6, 6.07) is 16.0. The number of rotatable bonds is 5. The Balaban J connectivity index is 2.21. The molecule has 0 aliphatic heterocycles. The summed E-state index contributed by atoms with van der Waals surface area (Å²) >= 11 is 2.35. The second-order valence-corrected chi connectivity index (χ2v) is 6.53. The molecule has 2 aromatic carbocycles. The Bertz CT molecular complexity index is 560. The van der Waals surface area contributed by atoms with Gasteiger partial charge in [-0.25, -0.2) is 0 Å². The smallest absolute Gasteiger partial charge is 0.0360 e. The van der Waals surface area contributed by atoms with Crippen LogP contribution < -0.4 is 5.32 Å². The highest BCUT2D eigenvalue weighted by Gasteiger charge is 2.11. The maximum Gasteiger partial charge on any atom is 0.0360 e. The number of hydrogen-bond donors (Lipinski definition) is 1. The van der Waals surface area contributed by atoms with E-state index in [1.54, 1.807) is 0 Å². The van der Waals surface area contributed by atoms with Crippen molar-refractivity contribution in [3.05, 3.63) is 68.3 Å². The van der Waals surface area contributed by atoms with Crippen molar-refractivity contribution >= 4 is 22.6 Å². The highest BCUT2D eigenvalue weighted by Crippen LogP contribution is 2.21. The zero-order chi connectivity index (χ0) is 14.5. The van der Waals surface area contributed by atoms with Gasteiger partial charge in [0.05, 0.1) is 0 Å². The molecule has 106 valence electrons. The van der Waals surface area contributed by atoms with Crippen molar-refractivity contribution in [1.82, 2.24) is 5.32 Å². The van der Waals surface area contributed by atoms with Crippen molar-refractivity contribution in [3.8, 4) is 0 Å². The zero-order valence-corrected chi connectivity index (χ0v) is 14.6. The molecule has 1 nitrogen and oxygen atoms in total. The summed E-state index contributed by atoms with van der Waals surface area (Å²) in [5, 5.41) is 3.61. The Hall–Kier alpha value is -0.870. The van der Waals surface area contributed by atoms with E-state index in [2.05, 4.69) is 91.1 Å². The van der Waals surface area contributed by atoms with Crippen LogP contribution in [0, 0.1) is 17.4 Å². The van der Waals surface area contributed by atoms with Gasteiger partial charge in [-0.05, 0) is 83.8 Å². The number of aryl methyl sites for hydroxylation is 2. The van der Waals surface area contributed by atoms with Crippen molar-refractivity contribution in [1.29, 1.82) is 0 Å². The van der Waals surface area contributed by atoms with Crippen molar-refractivity contribution in [2.24, 2.45) is 0 Å². The first-order chi connectivity index (χ1) is 9.60. The third-order valence-electron chi connectivity index (χ3n) is 3.74. The Morgan fingerprint density at radius 2 is 1.70 bits per heavy atom. The molecule has 2 rings (SSSR count). The Kier molecular flexibility index (Phi) is 5.61. The lowest BCUT2D eigenvalue weighted by Gasteiger charge is -2.19. The summed E-state index contributed by atoms with van der Waals surface area (Å²) < 4.78 is 1.29. The zero-order valence-electron chi connectivity index (χ0n) is 12.4. The lowest BCUT2D eigenvalue weighted by atomic mass is 9.96. The first kappa shape index (κ1) is 15.5. The average molecular weight is 379 g/mol. The van der Waals surface area contributed by atoms with Crippen LogP contribution >= 0.6 is 22.6 Å². The van der Waals surface area contributed by atoms with E-state index >= 15 is 0 Å². The fraction of sp³-hybridized carbons (Fsp3) is 0.333. The van der Waals surface area contributed by atoms with Gasteiger partial charge >= 0.3 is 0 Å². The van der Waals surface area contributed by atoms with E-state index in [9.17, 15) is 0 Å². The average Bonchev–Trinajstić information content (AvgIpc) is 2.44. The molecular formula is C18H22IN. The van der Waals surface area contributed by atoms with Gasteiger partial charge in [0.2, 0.25) is 0 Å². The van der Waals surface area contributed by atoms with Crippen molar-refractivity contribution in [2.45, 2.75) is 33.2 Å². The molecule has 0 spiro atoms. The van der Waals surface area contributed by atoms with Gasteiger partial charge in [0.15, 0.2) is 0 Å². The molecule has 0 fully saturated rings. The van der Waals surface area contributed by atoms with Gasteiger partial charge in [0, 0.05) is 9.61 Å². The fourth-order valence-corrected chi connectivity index (χ4v) is 2.75. The quantitative estimate of drug-likeness (QED) is 0.736. The summed E-state index contributed by atoms with van der Waals surface area (Å²) in [6.07, 6.45) is 1.03. The molecule has 0 heterocycles. The molecule has 0 amide bonds. The normalized spacial score (nSPS) is 12.4. The molecule has 0 saturated heterocycles. The molecule has 0 bridgehead atoms. The minimum atomic E-state index is 0.388. The minimum Gasteiger partial charge on any atom is -0.310 e. The van der Waals surface area contributed by atoms with Gasteiger partial charge < -0.3 is 5.32 Å². The molecule has 1 unspecified atom stereocenters. The summed E-state index contributed by atoms with van der Waals surface area (Å²) in [5.74, 6) is 0. The highest BCUT2D eigenvalue weighted by molar-refractivity contribution is 14.1. The van der Waals surface area contributed by atoms with Crippen LogP contribution in [0.3, 0.4) is 0 Å². The highest BCUT2D eigenvalue weighted by atomic mass is 127. The number of benzene rings is 2. The van der Waals surface area contributed by atoms with E-state index in [1.807, 2.05) is 0 Å². The van der Waals surface area contributed by atoms with Crippen LogP contribution in [0.1, 0.15) is 35.2 Å². The Morgan fingerprint density at radius 1 is 1.00 bits per heavy atom. The van der Waals surface area contributed by atoms with E-state index in [1.165, 1.54) is 25.8 Å². The van der Waals surface area contributed by atoms with Crippen molar-refractivity contribution < 1.29 is 0 Å². The third-order valence-corrected chi connectivity index (χ3v) is 4.46. The predicted molar refractivity (Wildman–Crippen MR) is 95.2 cm³/mol. The lowest BCUT2D eigenvalue weighted by Crippen LogP contribution is -2.23. The van der Waals surface area contributed by atoms with E-state index in [0.717, 1.165) is 13.0 Å². The molecular weight excluding hydrogens is 357 g/mol. The van der Waals surface area contributed by atoms with Crippen LogP contribution in [0.4, 0.5) is 0 Å². The lowest BCUT2D eigenvalue weighted by molar-refractivity contribution is 0.549. The maximum atomic E-state index is 3.61. The first-order valence-corrected chi connectivity index (χ1v) is 8.23. The summed E-state index contributed by atoms with van der Waals surface area (Å²) in [4.78, 5) is 0. The van der Waals surface area contributed by atoms with Crippen LogP contribution in [0.25, 0.3) is 0 Å². The van der Waals surface area contributed by atoms with E-state index in [0.29, 0.717) is 6.04 Å². The second-order valence-electron chi connectivity index (χ2n) is 5.28. The second kappa shape index (κ2) is 7.23. The molecule has 20 heavy (non-hydrogen) atoms. The summed E-state index contributed by atoms with van der Waals surface area (Å²) in [5.41, 5.74) is 5.49. The van der Waals surface area contributed by atoms with Crippen LogP contribution in [0.5, 0.6) is 0 Å². The molecule has 0 radical (unpaired) electrons. The number of halogens is 1. The van der Waals surface area contributed by atoms with E-state index in [4.69, 9.17) is 0 Å². The third kappa shape index (κ3) is 4.06. The fourth-order valence-electron chi connectivity index (χ4n) is 2.39. The SMILES string of the molecule is CCNC(Cc1ccc(I)cc1)c1ccc(C)c(C)c1. The number of nitrogens with one attached hydrogen (secondary N) is 1. The number of hydrogen-bond acceptors (Lipinski definition) is 1. The summed E-state index contributed by atoms with van der Waals surface area (Å²) in [7, 11) is 0. The van der Waals surface area contributed by atoms with Gasteiger partial charge in [-0.2, -0.15) is 0 Å². The first-order valence-electron chi connectivity index (χ1n) is 7.15. The minimum absolute atomic E-state index is 0.388. The molecule has 0 aromatic heterocycles. The Morgan fingerprint density at radius 3 is 2.30 bits per heavy atom. The van der Waals surface area contributed by atoms with E-state index < -0.39 is 0 Å². The molecule has 0 saturated carbocycles. The van der Waals surface area contributed by atoms with Crippen LogP contribution in [-0.2, 0) is 6.42 Å². The standard InChI is InChI=1S/C18H22IN/c1-4-20-18(12-15-6-9-17(19)10-7-15)16-8-5-13(2)14(3)11-16/h5-11,18,20H,4,12H2,1-3H3. The maximum absolute atomic E-state index is 3.61. The topological polar surface area (TPSA) is 12.0 Å². The van der Waals surface area contributed by atoms with Crippen LogP contribution in [-0.4, -0.2) is 6.54 Å². The monoisotopic (exact) mass is 379 g/mol.